The summed E-state index contributed by atoms with van der Waals surface area (Å²) in [5, 5.41) is 0. The number of benzene rings is 2. The largest absolute Gasteiger partial charge is 0.482 e. The minimum absolute atomic E-state index is 0.181. The summed E-state index contributed by atoms with van der Waals surface area (Å²) < 4.78 is 10.6. The molecule has 1 heterocycles. The smallest absolute Gasteiger partial charge is 0.344 e. The fourth-order valence-corrected chi connectivity index (χ4v) is 3.51. The number of esters is 1. The van der Waals surface area contributed by atoms with Crippen LogP contribution in [-0.4, -0.2) is 36.5 Å². The number of nitrogens with zero attached hydrogens (tertiary/aromatic N) is 1. The quantitative estimate of drug-likeness (QED) is 0.717. The predicted molar refractivity (Wildman–Crippen MR) is 107 cm³/mol. The molecule has 1 amide bonds. The van der Waals surface area contributed by atoms with Crippen LogP contribution in [0.4, 0.5) is 0 Å². The van der Waals surface area contributed by atoms with E-state index >= 15 is 0 Å². The Morgan fingerprint density at radius 1 is 1.07 bits per heavy atom. The first-order chi connectivity index (χ1) is 13.4. The van der Waals surface area contributed by atoms with Gasteiger partial charge in [0.05, 0.1) is 0 Å². The number of carbonyl (C=O) groups is 2. The molecule has 0 spiro atoms. The second-order valence-corrected chi connectivity index (χ2v) is 7.46. The molecule has 3 rings (SSSR count). The fraction of sp³-hybridized carbons (Fsp3) is 0.391. The third kappa shape index (κ3) is 4.91. The summed E-state index contributed by atoms with van der Waals surface area (Å²) in [4.78, 5) is 26.0. The molecule has 0 atom stereocenters. The van der Waals surface area contributed by atoms with Crippen LogP contribution in [0, 0.1) is 6.92 Å². The third-order valence-corrected chi connectivity index (χ3v) is 5.06. The maximum absolute atomic E-state index is 12.3. The van der Waals surface area contributed by atoms with Gasteiger partial charge >= 0.3 is 5.97 Å². The molecule has 0 radical (unpaired) electrons. The Hall–Kier alpha value is -2.82. The van der Waals surface area contributed by atoms with Gasteiger partial charge in [-0.05, 0) is 53.6 Å². The zero-order chi connectivity index (χ0) is 20.1. The summed E-state index contributed by atoms with van der Waals surface area (Å²) in [6.07, 6.45) is 0.824. The average molecular weight is 381 g/mol. The Labute approximate surface area is 166 Å². The highest BCUT2D eigenvalue weighted by Crippen LogP contribution is 2.23. The average Bonchev–Trinajstić information content (AvgIpc) is 2.69. The summed E-state index contributed by atoms with van der Waals surface area (Å²) in [7, 11) is 0. The van der Waals surface area contributed by atoms with Crippen molar-refractivity contribution in [3.63, 3.8) is 0 Å². The van der Waals surface area contributed by atoms with E-state index in [1.165, 1.54) is 11.1 Å². The van der Waals surface area contributed by atoms with Crippen LogP contribution in [0.1, 0.15) is 42.0 Å². The van der Waals surface area contributed by atoms with E-state index in [9.17, 15) is 9.59 Å². The standard InChI is InChI=1S/C23H27NO4/c1-16(2)21-9-8-20(12-17(21)3)27-15-23(26)28-14-22(25)24-11-10-18-6-4-5-7-19(18)13-24/h4-9,12,16H,10-11,13-15H2,1-3H3. The fourth-order valence-electron chi connectivity index (χ4n) is 3.51. The molecule has 1 aliphatic rings. The summed E-state index contributed by atoms with van der Waals surface area (Å²) in [6.45, 7) is 7.04. The van der Waals surface area contributed by atoms with Gasteiger partial charge in [-0.2, -0.15) is 0 Å². The summed E-state index contributed by atoms with van der Waals surface area (Å²) >= 11 is 0. The minimum Gasteiger partial charge on any atom is -0.482 e. The molecule has 0 saturated heterocycles. The number of aryl methyl sites for hydroxylation is 1. The molecule has 0 fully saturated rings. The monoisotopic (exact) mass is 381 g/mol. The number of hydrogen-bond donors (Lipinski definition) is 0. The van der Waals surface area contributed by atoms with Gasteiger partial charge in [0.1, 0.15) is 5.75 Å². The van der Waals surface area contributed by atoms with Crippen molar-refractivity contribution in [1.82, 2.24) is 4.90 Å². The molecule has 0 N–H and O–H groups in total. The maximum Gasteiger partial charge on any atom is 0.344 e. The van der Waals surface area contributed by atoms with E-state index in [-0.39, 0.29) is 19.1 Å². The highest BCUT2D eigenvalue weighted by atomic mass is 16.6. The Morgan fingerprint density at radius 3 is 2.54 bits per heavy atom. The van der Waals surface area contributed by atoms with Gasteiger partial charge < -0.3 is 14.4 Å². The molecular formula is C23H27NO4. The van der Waals surface area contributed by atoms with E-state index in [2.05, 4.69) is 19.9 Å². The van der Waals surface area contributed by atoms with Crippen LogP contribution in [0.2, 0.25) is 0 Å². The van der Waals surface area contributed by atoms with E-state index in [1.54, 1.807) is 4.90 Å². The van der Waals surface area contributed by atoms with Gasteiger partial charge in [0.2, 0.25) is 0 Å². The van der Waals surface area contributed by atoms with Crippen LogP contribution in [0.15, 0.2) is 42.5 Å². The van der Waals surface area contributed by atoms with Crippen molar-refractivity contribution in [1.29, 1.82) is 0 Å². The molecular weight excluding hydrogens is 354 g/mol. The van der Waals surface area contributed by atoms with Crippen molar-refractivity contribution >= 4 is 11.9 Å². The molecule has 2 aromatic rings. The van der Waals surface area contributed by atoms with Gasteiger partial charge in [-0.3, -0.25) is 4.79 Å². The van der Waals surface area contributed by atoms with E-state index < -0.39 is 5.97 Å². The number of amides is 1. The lowest BCUT2D eigenvalue weighted by Gasteiger charge is -2.28. The first-order valence-corrected chi connectivity index (χ1v) is 9.67. The SMILES string of the molecule is Cc1cc(OCC(=O)OCC(=O)N2CCc3ccccc3C2)ccc1C(C)C. The zero-order valence-corrected chi connectivity index (χ0v) is 16.7. The van der Waals surface area contributed by atoms with Gasteiger partial charge in [0.15, 0.2) is 13.2 Å². The first kappa shape index (κ1) is 19.9. The molecule has 0 bridgehead atoms. The van der Waals surface area contributed by atoms with Gasteiger partial charge in [0.25, 0.3) is 5.91 Å². The summed E-state index contributed by atoms with van der Waals surface area (Å²) in [5.74, 6) is 0.334. The molecule has 0 aromatic heterocycles. The van der Waals surface area contributed by atoms with Crippen LogP contribution in [0.5, 0.6) is 5.75 Å². The summed E-state index contributed by atoms with van der Waals surface area (Å²) in [5.41, 5.74) is 4.80. The van der Waals surface area contributed by atoms with Crippen LogP contribution in [-0.2, 0) is 27.3 Å². The Morgan fingerprint density at radius 2 is 1.82 bits per heavy atom. The van der Waals surface area contributed by atoms with E-state index in [0.29, 0.717) is 24.8 Å². The second-order valence-electron chi connectivity index (χ2n) is 7.46. The maximum atomic E-state index is 12.3. The molecule has 5 nitrogen and oxygen atoms in total. The Balaban J connectivity index is 1.44. The molecule has 5 heteroatoms. The van der Waals surface area contributed by atoms with Gasteiger partial charge in [-0.1, -0.05) is 44.2 Å². The molecule has 0 aliphatic carbocycles. The first-order valence-electron chi connectivity index (χ1n) is 9.67. The van der Waals surface area contributed by atoms with Crippen molar-refractivity contribution in [2.45, 2.75) is 39.7 Å². The van der Waals surface area contributed by atoms with Crippen molar-refractivity contribution < 1.29 is 19.1 Å². The highest BCUT2D eigenvalue weighted by molar-refractivity contribution is 5.81. The summed E-state index contributed by atoms with van der Waals surface area (Å²) in [6, 6.07) is 13.9. The lowest BCUT2D eigenvalue weighted by Crippen LogP contribution is -2.38. The van der Waals surface area contributed by atoms with Crippen LogP contribution in [0.3, 0.4) is 0 Å². The van der Waals surface area contributed by atoms with Crippen molar-refractivity contribution in [2.24, 2.45) is 0 Å². The Kier molecular flexibility index (Phi) is 6.34. The number of carbonyl (C=O) groups excluding carboxylic acids is 2. The minimum atomic E-state index is -0.545. The van der Waals surface area contributed by atoms with Crippen molar-refractivity contribution in [3.8, 4) is 5.75 Å². The number of fused-ring (bicyclic) bond motifs is 1. The molecule has 28 heavy (non-hydrogen) atoms. The lowest BCUT2D eigenvalue weighted by molar-refractivity contribution is -0.154. The van der Waals surface area contributed by atoms with Crippen LogP contribution < -0.4 is 4.74 Å². The molecule has 0 saturated carbocycles. The predicted octanol–water partition coefficient (Wildman–Crippen LogP) is 3.63. The highest BCUT2D eigenvalue weighted by Gasteiger charge is 2.21. The van der Waals surface area contributed by atoms with Crippen molar-refractivity contribution in [3.05, 3.63) is 64.7 Å². The molecule has 148 valence electrons. The lowest BCUT2D eigenvalue weighted by atomic mass is 9.98. The zero-order valence-electron chi connectivity index (χ0n) is 16.7. The normalized spacial score (nSPS) is 13.2. The van der Waals surface area contributed by atoms with Crippen LogP contribution >= 0.6 is 0 Å². The topological polar surface area (TPSA) is 55.8 Å². The number of hydrogen-bond acceptors (Lipinski definition) is 4. The molecule has 2 aromatic carbocycles. The van der Waals surface area contributed by atoms with Gasteiger partial charge in [-0.25, -0.2) is 4.79 Å². The third-order valence-electron chi connectivity index (χ3n) is 5.06. The van der Waals surface area contributed by atoms with E-state index in [1.807, 2.05) is 43.3 Å². The molecule has 1 aliphatic heterocycles. The number of ether oxygens (including phenoxy) is 2. The van der Waals surface area contributed by atoms with Gasteiger partial charge in [-0.15, -0.1) is 0 Å². The molecule has 0 unspecified atom stereocenters. The van der Waals surface area contributed by atoms with Crippen LogP contribution in [0.25, 0.3) is 0 Å². The van der Waals surface area contributed by atoms with Gasteiger partial charge in [0, 0.05) is 13.1 Å². The van der Waals surface area contributed by atoms with Crippen molar-refractivity contribution in [2.75, 3.05) is 19.8 Å². The second kappa shape index (κ2) is 8.91. The van der Waals surface area contributed by atoms with E-state index in [4.69, 9.17) is 9.47 Å². The Bertz CT molecular complexity index is 859. The van der Waals surface area contributed by atoms with E-state index in [0.717, 1.165) is 17.5 Å². The number of rotatable bonds is 6.